The van der Waals surface area contributed by atoms with Crippen molar-refractivity contribution >= 4 is 22.5 Å². The van der Waals surface area contributed by atoms with Gasteiger partial charge < -0.3 is 15.0 Å². The average Bonchev–Trinajstić information content (AvgIpc) is 2.76. The van der Waals surface area contributed by atoms with Crippen LogP contribution < -0.4 is 10.1 Å². The molecule has 0 unspecified atom stereocenters. The quantitative estimate of drug-likeness (QED) is 0.611. The Bertz CT molecular complexity index is 1280. The van der Waals surface area contributed by atoms with Crippen LogP contribution in [0, 0.1) is 18.3 Å². The highest BCUT2D eigenvalue weighted by Crippen LogP contribution is 2.34. The van der Waals surface area contributed by atoms with Crippen LogP contribution in [0.15, 0.2) is 36.4 Å². The van der Waals surface area contributed by atoms with Gasteiger partial charge in [0.1, 0.15) is 5.75 Å². The molecule has 1 amide bonds. The Morgan fingerprint density at radius 3 is 2.73 bits per heavy atom. The fourth-order valence-corrected chi connectivity index (χ4v) is 4.03. The minimum Gasteiger partial charge on any atom is -0.406 e. The molecular weight excluding hydrogens is 433 g/mol. The molecule has 33 heavy (non-hydrogen) atoms. The van der Waals surface area contributed by atoms with E-state index in [1.165, 1.54) is 13.0 Å². The van der Waals surface area contributed by atoms with E-state index in [2.05, 4.69) is 16.1 Å². The summed E-state index contributed by atoms with van der Waals surface area (Å²) in [5, 5.41) is 13.5. The highest BCUT2D eigenvalue weighted by Gasteiger charge is 2.31. The molecule has 0 bridgehead atoms. The topological polar surface area (TPSA) is 78.2 Å². The van der Waals surface area contributed by atoms with Gasteiger partial charge >= 0.3 is 6.36 Å². The molecule has 0 saturated carbocycles. The van der Waals surface area contributed by atoms with Crippen molar-refractivity contribution in [3.05, 3.63) is 64.3 Å². The summed E-state index contributed by atoms with van der Waals surface area (Å²) in [6.45, 7) is 4.38. The first-order valence-corrected chi connectivity index (χ1v) is 10.3. The number of nitrogens with one attached hydrogen (secondary N) is 1. The number of nitriles is 1. The Hall–Kier alpha value is -3.80. The van der Waals surface area contributed by atoms with E-state index in [9.17, 15) is 23.2 Å². The summed E-state index contributed by atoms with van der Waals surface area (Å²) in [5.41, 5.74) is 4.88. The van der Waals surface area contributed by atoms with Crippen molar-refractivity contribution in [3.8, 4) is 11.8 Å². The summed E-state index contributed by atoms with van der Waals surface area (Å²) >= 11 is 0. The van der Waals surface area contributed by atoms with Crippen LogP contribution in [-0.4, -0.2) is 28.7 Å². The second kappa shape index (κ2) is 8.62. The number of aryl methyl sites for hydroxylation is 1. The van der Waals surface area contributed by atoms with E-state index < -0.39 is 6.36 Å². The zero-order chi connectivity index (χ0) is 23.8. The summed E-state index contributed by atoms with van der Waals surface area (Å²) in [7, 11) is 0. The number of hydrogen-bond acceptors (Lipinski definition) is 5. The zero-order valence-electron chi connectivity index (χ0n) is 18.1. The van der Waals surface area contributed by atoms with Crippen LogP contribution in [0.3, 0.4) is 0 Å². The molecular formula is C24H21F3N4O2. The summed E-state index contributed by atoms with van der Waals surface area (Å²) in [4.78, 5) is 18.5. The van der Waals surface area contributed by atoms with Crippen molar-refractivity contribution < 1.29 is 22.7 Å². The predicted octanol–water partition coefficient (Wildman–Crippen LogP) is 4.83. The van der Waals surface area contributed by atoms with E-state index in [0.717, 1.165) is 33.4 Å². The van der Waals surface area contributed by atoms with Crippen molar-refractivity contribution in [2.75, 3.05) is 11.9 Å². The summed E-state index contributed by atoms with van der Waals surface area (Å²) in [6.07, 6.45) is -4.14. The third kappa shape index (κ3) is 4.85. The minimum absolute atomic E-state index is 0.0339. The van der Waals surface area contributed by atoms with Crippen molar-refractivity contribution in [3.63, 3.8) is 0 Å². The molecule has 2 aromatic carbocycles. The summed E-state index contributed by atoms with van der Waals surface area (Å²) in [5.74, 6) is -0.276. The zero-order valence-corrected chi connectivity index (χ0v) is 18.1. The lowest BCUT2D eigenvalue weighted by molar-refractivity contribution is -0.274. The lowest BCUT2D eigenvalue weighted by atomic mass is 9.98. The molecule has 4 rings (SSSR count). The van der Waals surface area contributed by atoms with E-state index in [1.54, 1.807) is 42.2 Å². The van der Waals surface area contributed by atoms with Crippen LogP contribution in [0.5, 0.6) is 5.75 Å². The van der Waals surface area contributed by atoms with Gasteiger partial charge in [-0.05, 0) is 42.3 Å². The predicted molar refractivity (Wildman–Crippen MR) is 116 cm³/mol. The van der Waals surface area contributed by atoms with Crippen LogP contribution in [0.4, 0.5) is 18.9 Å². The number of alkyl halides is 3. The SMILES string of the molecule is CC(=O)N1CCc2nc3ccc(C#N)cc3c(NCc3ccc(OC(F)(F)F)c(C)c3)c2C1. The number of carbonyl (C=O) groups is 1. The first-order valence-electron chi connectivity index (χ1n) is 10.3. The summed E-state index contributed by atoms with van der Waals surface area (Å²) < 4.78 is 41.7. The number of nitrogens with zero attached hydrogens (tertiary/aromatic N) is 3. The fourth-order valence-electron chi connectivity index (χ4n) is 4.03. The molecule has 1 aromatic heterocycles. The number of carbonyl (C=O) groups excluding carboxylic acids is 1. The highest BCUT2D eigenvalue weighted by atomic mass is 19.4. The minimum atomic E-state index is -4.75. The van der Waals surface area contributed by atoms with Crippen LogP contribution in [0.1, 0.15) is 34.9 Å². The van der Waals surface area contributed by atoms with E-state index in [0.29, 0.717) is 37.2 Å². The first-order chi connectivity index (χ1) is 15.6. The first kappa shape index (κ1) is 22.4. The second-order valence-electron chi connectivity index (χ2n) is 7.95. The van der Waals surface area contributed by atoms with Crippen LogP contribution in [-0.2, 0) is 24.3 Å². The smallest absolute Gasteiger partial charge is 0.406 e. The normalized spacial score (nSPS) is 13.4. The lowest BCUT2D eigenvalue weighted by Gasteiger charge is -2.30. The van der Waals surface area contributed by atoms with Crippen molar-refractivity contribution in [1.29, 1.82) is 5.26 Å². The molecule has 170 valence electrons. The van der Waals surface area contributed by atoms with Gasteiger partial charge in [0.2, 0.25) is 5.91 Å². The van der Waals surface area contributed by atoms with Crippen molar-refractivity contribution in [2.24, 2.45) is 0 Å². The van der Waals surface area contributed by atoms with Gasteiger partial charge in [-0.2, -0.15) is 5.26 Å². The van der Waals surface area contributed by atoms with E-state index in [4.69, 9.17) is 4.98 Å². The van der Waals surface area contributed by atoms with Crippen LogP contribution in [0.25, 0.3) is 10.9 Å². The van der Waals surface area contributed by atoms with E-state index >= 15 is 0 Å². The second-order valence-corrected chi connectivity index (χ2v) is 7.95. The molecule has 0 atom stereocenters. The molecule has 0 fully saturated rings. The van der Waals surface area contributed by atoms with Crippen LogP contribution >= 0.6 is 0 Å². The molecule has 3 aromatic rings. The number of anilines is 1. The van der Waals surface area contributed by atoms with Gasteiger partial charge in [0.05, 0.1) is 22.8 Å². The molecule has 0 spiro atoms. The molecule has 2 heterocycles. The van der Waals surface area contributed by atoms with Gasteiger partial charge in [0.25, 0.3) is 0 Å². The number of benzene rings is 2. The Kier molecular flexibility index (Phi) is 5.85. The molecule has 1 aliphatic rings. The number of aromatic nitrogens is 1. The number of ether oxygens (including phenoxy) is 1. The van der Waals surface area contributed by atoms with Crippen LogP contribution in [0.2, 0.25) is 0 Å². The Balaban J connectivity index is 1.70. The van der Waals surface area contributed by atoms with Gasteiger partial charge in [0, 0.05) is 49.6 Å². The van der Waals surface area contributed by atoms with Gasteiger partial charge in [-0.3, -0.25) is 9.78 Å². The van der Waals surface area contributed by atoms with Crippen molar-refractivity contribution in [1.82, 2.24) is 9.88 Å². The molecule has 9 heteroatoms. The standard InChI is InChI=1S/C24H21F3N4O2/c1-14-9-17(4-6-22(14)33-24(25,26)27)12-29-23-18-10-16(11-28)3-5-20(18)30-21-7-8-31(15(2)32)13-19(21)23/h3-6,9-10H,7-8,12-13H2,1-2H3,(H,29,30). The molecule has 1 N–H and O–H groups in total. The highest BCUT2D eigenvalue weighted by molar-refractivity contribution is 5.94. The number of fused-ring (bicyclic) bond motifs is 2. The molecule has 0 saturated heterocycles. The van der Waals surface area contributed by atoms with Gasteiger partial charge in [-0.25, -0.2) is 0 Å². The Morgan fingerprint density at radius 1 is 1.27 bits per heavy atom. The third-order valence-corrected chi connectivity index (χ3v) is 5.65. The molecule has 6 nitrogen and oxygen atoms in total. The number of hydrogen-bond donors (Lipinski definition) is 1. The number of halogens is 3. The molecule has 1 aliphatic heterocycles. The largest absolute Gasteiger partial charge is 0.573 e. The maximum atomic E-state index is 12.6. The molecule has 0 aliphatic carbocycles. The maximum absolute atomic E-state index is 12.6. The number of amides is 1. The average molecular weight is 454 g/mol. The maximum Gasteiger partial charge on any atom is 0.573 e. The van der Waals surface area contributed by atoms with Crippen molar-refractivity contribution in [2.45, 2.75) is 39.7 Å². The lowest BCUT2D eigenvalue weighted by Crippen LogP contribution is -2.35. The number of rotatable bonds is 4. The monoisotopic (exact) mass is 454 g/mol. The van der Waals surface area contributed by atoms with Gasteiger partial charge in [-0.15, -0.1) is 13.2 Å². The Morgan fingerprint density at radius 2 is 2.06 bits per heavy atom. The summed E-state index contributed by atoms with van der Waals surface area (Å²) in [6, 6.07) is 11.9. The third-order valence-electron chi connectivity index (χ3n) is 5.65. The van der Waals surface area contributed by atoms with E-state index in [-0.39, 0.29) is 11.7 Å². The fraction of sp³-hybridized carbons (Fsp3) is 0.292. The van der Waals surface area contributed by atoms with Gasteiger partial charge in [0.15, 0.2) is 0 Å². The molecule has 0 radical (unpaired) electrons. The van der Waals surface area contributed by atoms with Gasteiger partial charge in [-0.1, -0.05) is 12.1 Å². The number of pyridine rings is 1. The Labute approximate surface area is 188 Å². The van der Waals surface area contributed by atoms with E-state index in [1.807, 2.05) is 0 Å².